The van der Waals surface area contributed by atoms with E-state index in [1.54, 1.807) is 12.3 Å². The monoisotopic (exact) mass is 487 g/mol. The highest BCUT2D eigenvalue weighted by atomic mass is 16.5. The lowest BCUT2D eigenvalue weighted by Gasteiger charge is -2.16. The van der Waals surface area contributed by atoms with Crippen LogP contribution in [-0.2, 0) is 0 Å². The van der Waals surface area contributed by atoms with E-state index in [1.807, 2.05) is 31.2 Å². The summed E-state index contributed by atoms with van der Waals surface area (Å²) in [5, 5.41) is 4.46. The standard InChI is InChI=1S/C26H29N7O3/c1-16-13-18(5-6-21(16)36-12-11-33-9-3-4-10-33)30-24-22-17(7-8-28-25(22)34)14-19(31-24)20-15-29-23(27)26(32-20)35-2/h5-8,13-15H,3-4,9-12H2,1-2H3,(H2,27,29)(H,28,34)(H,30,31). The fourth-order valence-corrected chi connectivity index (χ4v) is 4.41. The number of hydrogen-bond donors (Lipinski definition) is 3. The maximum Gasteiger partial charge on any atom is 0.259 e. The summed E-state index contributed by atoms with van der Waals surface area (Å²) in [6, 6.07) is 9.44. The van der Waals surface area contributed by atoms with Gasteiger partial charge in [0, 0.05) is 18.4 Å². The molecule has 1 aromatic carbocycles. The number of ether oxygens (including phenoxy) is 2. The average molecular weight is 488 g/mol. The molecular formula is C26H29N7O3. The van der Waals surface area contributed by atoms with Crippen LogP contribution in [-0.4, -0.2) is 58.2 Å². The molecule has 36 heavy (non-hydrogen) atoms. The van der Waals surface area contributed by atoms with Crippen LogP contribution >= 0.6 is 0 Å². The molecule has 0 saturated carbocycles. The number of fused-ring (bicyclic) bond motifs is 1. The first-order valence-corrected chi connectivity index (χ1v) is 11.9. The van der Waals surface area contributed by atoms with Crippen molar-refractivity contribution in [1.29, 1.82) is 0 Å². The molecule has 4 heterocycles. The maximum absolute atomic E-state index is 12.7. The molecule has 5 rings (SSSR count). The summed E-state index contributed by atoms with van der Waals surface area (Å²) >= 11 is 0. The first-order valence-electron chi connectivity index (χ1n) is 11.9. The zero-order valence-corrected chi connectivity index (χ0v) is 20.4. The first-order chi connectivity index (χ1) is 17.5. The first kappa shape index (κ1) is 23.6. The summed E-state index contributed by atoms with van der Waals surface area (Å²) in [6.45, 7) is 5.90. The van der Waals surface area contributed by atoms with Gasteiger partial charge in [-0.2, -0.15) is 0 Å². The van der Waals surface area contributed by atoms with Crippen molar-refractivity contribution in [3.05, 3.63) is 58.6 Å². The Morgan fingerprint density at radius 1 is 1.14 bits per heavy atom. The van der Waals surface area contributed by atoms with Crippen LogP contribution in [0.4, 0.5) is 17.3 Å². The second-order valence-electron chi connectivity index (χ2n) is 8.78. The zero-order valence-electron chi connectivity index (χ0n) is 20.4. The SMILES string of the molecule is COc1nc(-c2cc3cc[nH]c(=O)c3c(Nc3ccc(OCCN4CCCC4)c(C)c3)n2)cnc1N. The minimum atomic E-state index is -0.242. The minimum Gasteiger partial charge on any atom is -0.492 e. The highest BCUT2D eigenvalue weighted by molar-refractivity contribution is 5.95. The number of pyridine rings is 2. The number of hydrogen-bond acceptors (Lipinski definition) is 9. The molecule has 0 aliphatic carbocycles. The molecule has 10 heteroatoms. The Kier molecular flexibility index (Phi) is 6.68. The molecule has 1 aliphatic rings. The normalized spacial score (nSPS) is 13.7. The van der Waals surface area contributed by atoms with Gasteiger partial charge in [-0.05, 0) is 74.1 Å². The van der Waals surface area contributed by atoms with E-state index in [0.717, 1.165) is 36.6 Å². The molecule has 0 amide bonds. The summed E-state index contributed by atoms with van der Waals surface area (Å²) in [7, 11) is 1.48. The number of nitrogens with one attached hydrogen (secondary N) is 2. The Labute approximate surface area is 208 Å². The van der Waals surface area contributed by atoms with Crippen LogP contribution in [0, 0.1) is 6.92 Å². The van der Waals surface area contributed by atoms with Crippen molar-refractivity contribution in [3.8, 4) is 23.0 Å². The molecule has 1 aliphatic heterocycles. The second-order valence-corrected chi connectivity index (χ2v) is 8.78. The number of rotatable bonds is 8. The van der Waals surface area contributed by atoms with Crippen LogP contribution in [0.1, 0.15) is 18.4 Å². The van der Waals surface area contributed by atoms with E-state index >= 15 is 0 Å². The third-order valence-corrected chi connectivity index (χ3v) is 6.28. The predicted octanol–water partition coefficient (Wildman–Crippen LogP) is 3.50. The molecule has 10 nitrogen and oxygen atoms in total. The van der Waals surface area contributed by atoms with Crippen LogP contribution < -0.4 is 26.1 Å². The van der Waals surface area contributed by atoms with Crippen molar-refractivity contribution in [2.45, 2.75) is 19.8 Å². The molecule has 186 valence electrons. The number of aromatic amines is 1. The summed E-state index contributed by atoms with van der Waals surface area (Å²) in [5.74, 6) is 1.65. The van der Waals surface area contributed by atoms with Gasteiger partial charge >= 0.3 is 0 Å². The lowest BCUT2D eigenvalue weighted by atomic mass is 10.1. The van der Waals surface area contributed by atoms with Gasteiger partial charge in [-0.3, -0.25) is 9.69 Å². The third kappa shape index (κ3) is 4.94. The Bertz CT molecular complexity index is 1450. The number of methoxy groups -OCH3 is 1. The van der Waals surface area contributed by atoms with Gasteiger partial charge in [-0.1, -0.05) is 0 Å². The van der Waals surface area contributed by atoms with Gasteiger partial charge in [0.25, 0.3) is 11.4 Å². The number of aromatic nitrogens is 4. The Balaban J connectivity index is 1.43. The number of benzene rings is 1. The molecule has 0 bridgehead atoms. The van der Waals surface area contributed by atoms with Gasteiger partial charge < -0.3 is 25.5 Å². The van der Waals surface area contributed by atoms with Gasteiger partial charge in [0.15, 0.2) is 5.82 Å². The van der Waals surface area contributed by atoms with E-state index in [-0.39, 0.29) is 17.3 Å². The number of H-pyrrole nitrogens is 1. The topological polar surface area (TPSA) is 131 Å². The molecule has 1 saturated heterocycles. The quantitative estimate of drug-likeness (QED) is 0.342. The summed E-state index contributed by atoms with van der Waals surface area (Å²) < 4.78 is 11.2. The van der Waals surface area contributed by atoms with E-state index in [0.29, 0.717) is 34.6 Å². The van der Waals surface area contributed by atoms with Crippen molar-refractivity contribution >= 4 is 28.1 Å². The van der Waals surface area contributed by atoms with Gasteiger partial charge in [-0.15, -0.1) is 0 Å². The van der Waals surface area contributed by atoms with Crippen LogP contribution in [0.5, 0.6) is 11.6 Å². The summed E-state index contributed by atoms with van der Waals surface area (Å²) in [6.07, 6.45) is 5.67. The Hall–Kier alpha value is -4.18. The second kappa shape index (κ2) is 10.2. The molecule has 0 unspecified atom stereocenters. The van der Waals surface area contributed by atoms with Gasteiger partial charge in [0.05, 0.1) is 24.4 Å². The predicted molar refractivity (Wildman–Crippen MR) is 140 cm³/mol. The molecule has 0 atom stereocenters. The van der Waals surface area contributed by atoms with Crippen molar-refractivity contribution in [2.24, 2.45) is 0 Å². The van der Waals surface area contributed by atoms with Gasteiger partial charge in [0.1, 0.15) is 23.9 Å². The Morgan fingerprint density at radius 2 is 1.97 bits per heavy atom. The van der Waals surface area contributed by atoms with Crippen LogP contribution in [0.15, 0.2) is 47.5 Å². The molecular weight excluding hydrogens is 458 g/mol. The van der Waals surface area contributed by atoms with Crippen molar-refractivity contribution in [1.82, 2.24) is 24.8 Å². The molecule has 4 aromatic rings. The average Bonchev–Trinajstić information content (AvgIpc) is 3.39. The van der Waals surface area contributed by atoms with Crippen molar-refractivity contribution in [2.75, 3.05) is 44.4 Å². The van der Waals surface area contributed by atoms with Crippen molar-refractivity contribution < 1.29 is 9.47 Å². The Morgan fingerprint density at radius 3 is 2.75 bits per heavy atom. The van der Waals surface area contributed by atoms with Gasteiger partial charge in [-0.25, -0.2) is 15.0 Å². The van der Waals surface area contributed by atoms with E-state index in [1.165, 1.54) is 26.1 Å². The van der Waals surface area contributed by atoms with Crippen LogP contribution in [0.3, 0.4) is 0 Å². The lowest BCUT2D eigenvalue weighted by molar-refractivity contribution is 0.237. The molecule has 0 radical (unpaired) electrons. The smallest absolute Gasteiger partial charge is 0.259 e. The number of nitrogens with two attached hydrogens (primary N) is 1. The van der Waals surface area contributed by atoms with E-state index in [2.05, 4.69) is 25.2 Å². The van der Waals surface area contributed by atoms with E-state index < -0.39 is 0 Å². The van der Waals surface area contributed by atoms with Crippen LogP contribution in [0.2, 0.25) is 0 Å². The highest BCUT2D eigenvalue weighted by Crippen LogP contribution is 2.30. The fraction of sp³-hybridized carbons (Fsp3) is 0.308. The summed E-state index contributed by atoms with van der Waals surface area (Å²) in [4.78, 5) is 31.1. The highest BCUT2D eigenvalue weighted by Gasteiger charge is 2.15. The molecule has 3 aromatic heterocycles. The number of aryl methyl sites for hydroxylation is 1. The number of nitrogens with zero attached hydrogens (tertiary/aromatic N) is 4. The lowest BCUT2D eigenvalue weighted by Crippen LogP contribution is -2.25. The van der Waals surface area contributed by atoms with Crippen molar-refractivity contribution in [3.63, 3.8) is 0 Å². The zero-order chi connectivity index (χ0) is 25.1. The summed E-state index contributed by atoms with van der Waals surface area (Å²) in [5.41, 5.74) is 8.36. The number of nitrogen functional groups attached to an aromatic ring is 1. The maximum atomic E-state index is 12.7. The van der Waals surface area contributed by atoms with Crippen LogP contribution in [0.25, 0.3) is 22.2 Å². The van der Waals surface area contributed by atoms with Gasteiger partial charge in [0.2, 0.25) is 0 Å². The minimum absolute atomic E-state index is 0.190. The largest absolute Gasteiger partial charge is 0.492 e. The molecule has 0 spiro atoms. The molecule has 1 fully saturated rings. The van der Waals surface area contributed by atoms with E-state index in [4.69, 9.17) is 20.2 Å². The fourth-order valence-electron chi connectivity index (χ4n) is 4.41. The van der Waals surface area contributed by atoms with E-state index in [9.17, 15) is 4.79 Å². The number of anilines is 3. The number of likely N-dealkylation sites (tertiary alicyclic amines) is 1. The molecule has 4 N–H and O–H groups in total. The third-order valence-electron chi connectivity index (χ3n) is 6.28.